The first-order valence-corrected chi connectivity index (χ1v) is 17.0. The minimum Gasteiger partial charge on any atom is -0.484 e. The second-order valence-electron chi connectivity index (χ2n) is 13.4. The minimum absolute atomic E-state index is 0.00171. The van der Waals surface area contributed by atoms with Crippen molar-refractivity contribution in [3.63, 3.8) is 0 Å². The second-order valence-corrected chi connectivity index (χ2v) is 13.4. The van der Waals surface area contributed by atoms with Crippen molar-refractivity contribution in [3.05, 3.63) is 48.5 Å². The average Bonchev–Trinajstić information content (AvgIpc) is 3.59. The number of imidazole rings is 1. The maximum absolute atomic E-state index is 13.7. The zero-order chi connectivity index (χ0) is 36.5. The number of amides is 4. The van der Waals surface area contributed by atoms with E-state index in [1.165, 1.54) is 6.33 Å². The Bertz CT molecular complexity index is 1280. The third-order valence-electron chi connectivity index (χ3n) is 8.41. The maximum atomic E-state index is 13.7. The number of aromatic amines is 1. The van der Waals surface area contributed by atoms with E-state index >= 15 is 0 Å². The van der Waals surface area contributed by atoms with Gasteiger partial charge in [-0.2, -0.15) is 0 Å². The van der Waals surface area contributed by atoms with Crippen molar-refractivity contribution in [2.75, 3.05) is 19.8 Å². The molecular weight excluding hydrogens is 632 g/mol. The molecule has 1 aromatic heterocycles. The number of rotatable bonds is 22. The number of aliphatic hydroxyl groups excluding tert-OH is 3. The van der Waals surface area contributed by atoms with Gasteiger partial charge in [-0.25, -0.2) is 4.98 Å². The van der Waals surface area contributed by atoms with E-state index in [2.05, 4.69) is 31.2 Å². The first kappa shape index (κ1) is 41.2. The van der Waals surface area contributed by atoms with Crippen LogP contribution in [0.5, 0.6) is 5.75 Å². The fourth-order valence-corrected chi connectivity index (χ4v) is 5.29. The highest BCUT2D eigenvalue weighted by Crippen LogP contribution is 2.23. The number of aliphatic hydroxyl groups is 3. The molecule has 0 spiro atoms. The molecule has 274 valence electrons. The number of H-pyrrole nitrogens is 1. The molecule has 4 amide bonds. The van der Waals surface area contributed by atoms with Gasteiger partial charge >= 0.3 is 0 Å². The molecule has 7 atom stereocenters. The third-order valence-corrected chi connectivity index (χ3v) is 8.41. The quantitative estimate of drug-likeness (QED) is 0.0887. The second kappa shape index (κ2) is 21.2. The molecule has 0 fully saturated rings. The van der Waals surface area contributed by atoms with Crippen LogP contribution in [0.2, 0.25) is 0 Å². The molecular formula is C35H56N6O8. The lowest BCUT2D eigenvalue weighted by Crippen LogP contribution is -2.55. The monoisotopic (exact) mass is 688 g/mol. The Morgan fingerprint density at radius 2 is 1.61 bits per heavy atom. The number of carbonyl (C=O) groups is 4. The van der Waals surface area contributed by atoms with Gasteiger partial charge in [0.25, 0.3) is 5.91 Å². The van der Waals surface area contributed by atoms with E-state index in [-0.39, 0.29) is 43.7 Å². The Morgan fingerprint density at radius 3 is 2.18 bits per heavy atom. The summed E-state index contributed by atoms with van der Waals surface area (Å²) in [5.41, 5.74) is 0.618. The largest absolute Gasteiger partial charge is 0.484 e. The van der Waals surface area contributed by atoms with Gasteiger partial charge in [0.05, 0.1) is 31.2 Å². The summed E-state index contributed by atoms with van der Waals surface area (Å²) < 4.78 is 5.55. The van der Waals surface area contributed by atoms with Crippen LogP contribution in [0.1, 0.15) is 66.5 Å². The number of para-hydroxylation sites is 1. The highest BCUT2D eigenvalue weighted by molar-refractivity contribution is 5.89. The van der Waals surface area contributed by atoms with E-state index in [4.69, 9.17) is 9.84 Å². The molecule has 0 saturated carbocycles. The molecule has 2 aromatic rings. The number of nitrogens with zero attached hydrogens (tertiary/aromatic N) is 1. The molecule has 0 bridgehead atoms. The van der Waals surface area contributed by atoms with Crippen LogP contribution in [0.3, 0.4) is 0 Å². The number of hydrogen-bond donors (Lipinski definition) is 8. The summed E-state index contributed by atoms with van der Waals surface area (Å²) >= 11 is 0. The van der Waals surface area contributed by atoms with Crippen molar-refractivity contribution < 1.29 is 39.2 Å². The van der Waals surface area contributed by atoms with Crippen molar-refractivity contribution in [2.24, 2.45) is 23.7 Å². The fraction of sp³-hybridized carbons (Fsp3) is 0.629. The van der Waals surface area contributed by atoms with Gasteiger partial charge in [0.1, 0.15) is 17.8 Å². The van der Waals surface area contributed by atoms with Crippen LogP contribution in [0.25, 0.3) is 0 Å². The summed E-state index contributed by atoms with van der Waals surface area (Å²) in [4.78, 5) is 60.1. The van der Waals surface area contributed by atoms with E-state index in [1.54, 1.807) is 30.5 Å². The molecule has 0 saturated heterocycles. The molecule has 49 heavy (non-hydrogen) atoms. The van der Waals surface area contributed by atoms with Gasteiger partial charge in [-0.05, 0) is 42.7 Å². The molecule has 14 heteroatoms. The van der Waals surface area contributed by atoms with Crippen molar-refractivity contribution in [1.29, 1.82) is 0 Å². The summed E-state index contributed by atoms with van der Waals surface area (Å²) in [5.74, 6) is -2.52. The molecule has 1 aromatic carbocycles. The first-order valence-electron chi connectivity index (χ1n) is 17.0. The lowest BCUT2D eigenvalue weighted by Gasteiger charge is -2.32. The zero-order valence-electron chi connectivity index (χ0n) is 29.5. The average molecular weight is 689 g/mol. The van der Waals surface area contributed by atoms with Gasteiger partial charge in [-0.3, -0.25) is 19.2 Å². The van der Waals surface area contributed by atoms with Crippen molar-refractivity contribution in [3.8, 4) is 5.75 Å². The van der Waals surface area contributed by atoms with Gasteiger partial charge in [-0.15, -0.1) is 0 Å². The van der Waals surface area contributed by atoms with E-state index in [0.29, 0.717) is 24.3 Å². The smallest absolute Gasteiger partial charge is 0.258 e. The number of nitrogens with one attached hydrogen (secondary N) is 5. The zero-order valence-corrected chi connectivity index (χ0v) is 29.5. The topological polar surface area (TPSA) is 215 Å². The highest BCUT2D eigenvalue weighted by atomic mass is 16.5. The third kappa shape index (κ3) is 14.6. The van der Waals surface area contributed by atoms with Crippen molar-refractivity contribution in [1.82, 2.24) is 31.2 Å². The van der Waals surface area contributed by atoms with E-state index in [1.807, 2.05) is 47.6 Å². The lowest BCUT2D eigenvalue weighted by molar-refractivity contribution is -0.134. The molecule has 14 nitrogen and oxygen atoms in total. The molecule has 2 rings (SSSR count). The molecule has 1 unspecified atom stereocenters. The van der Waals surface area contributed by atoms with Crippen LogP contribution in [-0.4, -0.2) is 99.0 Å². The van der Waals surface area contributed by atoms with Crippen LogP contribution < -0.4 is 26.0 Å². The molecule has 0 aliphatic carbocycles. The standard InChI is InChI=1S/C35H56N6O8/c1-7-23(6)32(35(48)37-17-25(43)18-42)41-33(46)27(22(4)5)15-30(44)28(13-21(2)3)40-34(47)29(14-24-16-36-20-38-24)39-31(45)19-49-26-11-9-8-10-12-26/h8-12,16,20-23,25,27-30,32,42-44H,7,13-15,17-19H2,1-6H3,(H,36,38)(H,37,48)(H,39,45)(H,40,47)(H,41,46)/t23-,25?,27-,28-,29-,30-,32-/m0/s1. The summed E-state index contributed by atoms with van der Waals surface area (Å²) in [6.07, 6.45) is 1.87. The van der Waals surface area contributed by atoms with Crippen LogP contribution in [0.4, 0.5) is 0 Å². The molecule has 0 radical (unpaired) electrons. The van der Waals surface area contributed by atoms with Crippen LogP contribution in [0, 0.1) is 23.7 Å². The number of hydrogen-bond acceptors (Lipinski definition) is 9. The van der Waals surface area contributed by atoms with Crippen LogP contribution >= 0.6 is 0 Å². The van der Waals surface area contributed by atoms with Gasteiger partial charge in [0, 0.05) is 30.8 Å². The predicted octanol–water partition coefficient (Wildman–Crippen LogP) is 1.07. The summed E-state index contributed by atoms with van der Waals surface area (Å²) in [7, 11) is 0. The van der Waals surface area contributed by atoms with E-state index in [9.17, 15) is 29.4 Å². The van der Waals surface area contributed by atoms with Crippen LogP contribution in [-0.2, 0) is 25.6 Å². The highest BCUT2D eigenvalue weighted by Gasteiger charge is 2.35. The Kier molecular flexibility index (Phi) is 17.8. The normalized spacial score (nSPS) is 15.7. The van der Waals surface area contributed by atoms with Gasteiger partial charge in [0.15, 0.2) is 6.61 Å². The number of aromatic nitrogens is 2. The number of carbonyl (C=O) groups excluding carboxylic acids is 4. The minimum atomic E-state index is -1.13. The molecule has 8 N–H and O–H groups in total. The molecule has 1 heterocycles. The Balaban J connectivity index is 2.19. The Labute approximate surface area is 289 Å². The number of benzene rings is 1. The summed E-state index contributed by atoms with van der Waals surface area (Å²) in [6.45, 7) is 10.3. The Morgan fingerprint density at radius 1 is 0.918 bits per heavy atom. The van der Waals surface area contributed by atoms with Crippen LogP contribution in [0.15, 0.2) is 42.9 Å². The molecule has 0 aliphatic rings. The summed E-state index contributed by atoms with van der Waals surface area (Å²) in [5, 5.41) is 41.4. The lowest BCUT2D eigenvalue weighted by atomic mass is 9.85. The van der Waals surface area contributed by atoms with Gasteiger partial charge in [0.2, 0.25) is 17.7 Å². The van der Waals surface area contributed by atoms with Crippen molar-refractivity contribution in [2.45, 2.75) is 97.6 Å². The van der Waals surface area contributed by atoms with E-state index < -0.39 is 66.5 Å². The number of ether oxygens (including phenoxy) is 1. The van der Waals surface area contributed by atoms with Gasteiger partial charge in [-0.1, -0.05) is 66.2 Å². The SMILES string of the molecule is CC[C@H](C)[C@H](NC(=O)[C@@H](C[C@H](O)[C@H](CC(C)C)NC(=O)[C@H](Cc1cnc[nH]1)NC(=O)COc1ccccc1)C(C)C)C(=O)NCC(O)CO. The predicted molar refractivity (Wildman–Crippen MR) is 184 cm³/mol. The summed E-state index contributed by atoms with van der Waals surface area (Å²) in [6, 6.07) is 6.16. The maximum Gasteiger partial charge on any atom is 0.258 e. The van der Waals surface area contributed by atoms with Crippen molar-refractivity contribution >= 4 is 23.6 Å². The first-order chi connectivity index (χ1) is 23.2. The fourth-order valence-electron chi connectivity index (χ4n) is 5.29. The Hall–Kier alpha value is -4.01. The van der Waals surface area contributed by atoms with Gasteiger partial charge < -0.3 is 46.3 Å². The molecule has 0 aliphatic heterocycles. The van der Waals surface area contributed by atoms with E-state index in [0.717, 1.165) is 0 Å².